The molecule has 1 saturated heterocycles. The molecule has 0 N–H and O–H groups in total. The Labute approximate surface area is 185 Å². The van der Waals surface area contributed by atoms with Crippen LogP contribution in [0.5, 0.6) is 0 Å². The van der Waals surface area contributed by atoms with E-state index in [1.807, 2.05) is 12.1 Å². The molecule has 2 aliphatic rings. The lowest BCUT2D eigenvalue weighted by Gasteiger charge is -2.18. The van der Waals surface area contributed by atoms with E-state index in [2.05, 4.69) is 67.3 Å². The third-order valence-corrected chi connectivity index (χ3v) is 7.38. The van der Waals surface area contributed by atoms with Crippen LogP contribution in [-0.2, 0) is 4.79 Å². The average Bonchev–Trinajstić information content (AvgIpc) is 3.23. The number of thioether (sulfide) groups is 2. The molecule has 4 rings (SSSR count). The summed E-state index contributed by atoms with van der Waals surface area (Å²) in [6.45, 7) is 5.76. The third kappa shape index (κ3) is 4.02. The Balaban J connectivity index is 1.61. The van der Waals surface area contributed by atoms with Crippen molar-refractivity contribution >= 4 is 51.7 Å². The van der Waals surface area contributed by atoms with Gasteiger partial charge in [0.1, 0.15) is 4.32 Å². The van der Waals surface area contributed by atoms with E-state index in [0.717, 1.165) is 18.0 Å². The topological polar surface area (TPSA) is 23.6 Å². The summed E-state index contributed by atoms with van der Waals surface area (Å²) < 4.78 is 0.656. The maximum absolute atomic E-state index is 12.6. The minimum Gasteiger partial charge on any atom is -0.335 e. The van der Waals surface area contributed by atoms with Crippen LogP contribution in [-0.4, -0.2) is 28.2 Å². The lowest BCUT2D eigenvalue weighted by molar-refractivity contribution is -0.122. The molecule has 3 nitrogen and oxygen atoms in total. The molecule has 0 radical (unpaired) electrons. The lowest BCUT2D eigenvalue weighted by Crippen LogP contribution is -2.28. The van der Waals surface area contributed by atoms with Crippen LogP contribution in [0.4, 0.5) is 5.69 Å². The van der Waals surface area contributed by atoms with Crippen LogP contribution >= 0.6 is 35.7 Å². The second-order valence-corrected chi connectivity index (χ2v) is 9.49. The number of fused-ring (bicyclic) bond motifs is 1. The van der Waals surface area contributed by atoms with Crippen molar-refractivity contribution in [1.82, 2.24) is 4.90 Å². The van der Waals surface area contributed by atoms with Gasteiger partial charge in [0.15, 0.2) is 0 Å². The zero-order chi connectivity index (χ0) is 20.4. The average molecular weight is 439 g/mol. The van der Waals surface area contributed by atoms with Gasteiger partial charge in [0.2, 0.25) is 0 Å². The Hall–Kier alpha value is -2.02. The van der Waals surface area contributed by atoms with E-state index in [-0.39, 0.29) is 5.91 Å². The Bertz CT molecular complexity index is 1010. The Kier molecular flexibility index (Phi) is 6.13. The first-order valence-corrected chi connectivity index (χ1v) is 11.8. The van der Waals surface area contributed by atoms with Crippen molar-refractivity contribution in [3.63, 3.8) is 0 Å². The number of carbonyl (C=O) groups excluding carboxylic acids is 1. The number of benzene rings is 2. The highest BCUT2D eigenvalue weighted by Crippen LogP contribution is 2.47. The fraction of sp³-hybridized carbons (Fsp3) is 0.217. The fourth-order valence-corrected chi connectivity index (χ4v) is 5.80. The van der Waals surface area contributed by atoms with Gasteiger partial charge in [-0.05, 0) is 48.8 Å². The van der Waals surface area contributed by atoms with Crippen LogP contribution in [0.1, 0.15) is 20.3 Å². The smallest absolute Gasteiger partial charge is 0.266 e. The maximum Gasteiger partial charge on any atom is 0.266 e. The Morgan fingerprint density at radius 2 is 1.76 bits per heavy atom. The number of thiocarbonyl (C=S) groups is 1. The zero-order valence-electron chi connectivity index (χ0n) is 16.4. The van der Waals surface area contributed by atoms with E-state index < -0.39 is 0 Å². The van der Waals surface area contributed by atoms with Crippen LogP contribution in [0.2, 0.25) is 0 Å². The minimum absolute atomic E-state index is 0.0219. The molecule has 0 aromatic heterocycles. The van der Waals surface area contributed by atoms with Crippen molar-refractivity contribution in [2.75, 3.05) is 18.0 Å². The molecule has 1 amide bonds. The van der Waals surface area contributed by atoms with Gasteiger partial charge in [0, 0.05) is 18.0 Å². The molecule has 29 heavy (non-hydrogen) atoms. The van der Waals surface area contributed by atoms with E-state index in [0.29, 0.717) is 15.8 Å². The van der Waals surface area contributed by atoms with E-state index in [4.69, 9.17) is 12.2 Å². The van der Waals surface area contributed by atoms with Crippen LogP contribution in [0.15, 0.2) is 75.5 Å². The van der Waals surface area contributed by atoms with Gasteiger partial charge >= 0.3 is 0 Å². The van der Waals surface area contributed by atoms with Crippen molar-refractivity contribution in [2.24, 2.45) is 0 Å². The first-order chi connectivity index (χ1) is 14.1. The highest BCUT2D eigenvalue weighted by Gasteiger charge is 2.31. The summed E-state index contributed by atoms with van der Waals surface area (Å²) in [6.07, 6.45) is 4.87. The summed E-state index contributed by atoms with van der Waals surface area (Å²) in [7, 11) is 0. The molecule has 0 atom stereocenters. The number of hydrogen-bond acceptors (Lipinski definition) is 5. The second-order valence-electron chi connectivity index (χ2n) is 6.76. The van der Waals surface area contributed by atoms with Crippen molar-refractivity contribution in [3.05, 3.63) is 70.6 Å². The molecule has 148 valence electrons. The predicted octanol–water partition coefficient (Wildman–Crippen LogP) is 6.28. The molecule has 0 aliphatic carbocycles. The van der Waals surface area contributed by atoms with Gasteiger partial charge < -0.3 is 4.90 Å². The van der Waals surface area contributed by atoms with Crippen LogP contribution < -0.4 is 4.90 Å². The van der Waals surface area contributed by atoms with Gasteiger partial charge in [0.05, 0.1) is 15.6 Å². The van der Waals surface area contributed by atoms with Crippen molar-refractivity contribution in [3.8, 4) is 11.1 Å². The first-order valence-electron chi connectivity index (χ1n) is 9.73. The summed E-state index contributed by atoms with van der Waals surface area (Å²) in [6, 6.07) is 17.0. The number of amides is 1. The van der Waals surface area contributed by atoms with Gasteiger partial charge in [-0.1, -0.05) is 79.1 Å². The third-order valence-electron chi connectivity index (χ3n) is 4.85. The van der Waals surface area contributed by atoms with E-state index in [1.54, 1.807) is 16.7 Å². The molecule has 0 bridgehead atoms. The summed E-state index contributed by atoms with van der Waals surface area (Å²) in [5, 5.41) is 1.13. The standard InChI is InChI=1S/C23H22N2OS3/c1-3-14-25-22(26)20(29-23(25)27)12-13-21-24(4-2)18-15-17(10-11-19(18)28-21)16-8-6-5-7-9-16/h5-13,15H,3-4,14H2,1-2H3/b20-12-,21-13+. The highest BCUT2D eigenvalue weighted by atomic mass is 32.2. The Morgan fingerprint density at radius 3 is 2.48 bits per heavy atom. The molecule has 2 aromatic carbocycles. The summed E-state index contributed by atoms with van der Waals surface area (Å²) in [4.78, 5) is 18.5. The van der Waals surface area contributed by atoms with Gasteiger partial charge in [-0.2, -0.15) is 0 Å². The van der Waals surface area contributed by atoms with Crippen LogP contribution in [0.3, 0.4) is 0 Å². The predicted molar refractivity (Wildman–Crippen MR) is 129 cm³/mol. The molecule has 2 aliphatic heterocycles. The van der Waals surface area contributed by atoms with E-state index in [1.165, 1.54) is 33.5 Å². The molecule has 1 fully saturated rings. The molecule has 0 saturated carbocycles. The van der Waals surface area contributed by atoms with E-state index in [9.17, 15) is 4.79 Å². The molecular formula is C23H22N2OS3. The number of carbonyl (C=O) groups is 1. The minimum atomic E-state index is 0.0219. The van der Waals surface area contributed by atoms with E-state index >= 15 is 0 Å². The molecule has 0 spiro atoms. The normalized spacial score (nSPS) is 19.0. The van der Waals surface area contributed by atoms with Crippen molar-refractivity contribution in [1.29, 1.82) is 0 Å². The number of nitrogens with zero attached hydrogens (tertiary/aromatic N) is 2. The highest BCUT2D eigenvalue weighted by molar-refractivity contribution is 8.26. The van der Waals surface area contributed by atoms with Gasteiger partial charge in [-0.25, -0.2) is 0 Å². The fourth-order valence-electron chi connectivity index (χ4n) is 3.44. The molecule has 0 unspecified atom stereocenters. The van der Waals surface area contributed by atoms with Gasteiger partial charge in [-0.3, -0.25) is 9.69 Å². The number of rotatable bonds is 5. The number of allylic oxidation sites excluding steroid dienone is 2. The van der Waals surface area contributed by atoms with Crippen LogP contribution in [0.25, 0.3) is 11.1 Å². The summed E-state index contributed by atoms with van der Waals surface area (Å²) >= 11 is 8.50. The summed E-state index contributed by atoms with van der Waals surface area (Å²) in [5.74, 6) is 0.0219. The number of anilines is 1. The SMILES string of the molecule is CCCN1C(=O)/C(=C/C=C2/Sc3ccc(-c4ccccc4)cc3N2CC)SC1=S. The Morgan fingerprint density at radius 1 is 0.966 bits per heavy atom. The zero-order valence-corrected chi connectivity index (χ0v) is 18.9. The molecule has 2 heterocycles. The monoisotopic (exact) mass is 438 g/mol. The largest absolute Gasteiger partial charge is 0.335 e. The quantitative estimate of drug-likeness (QED) is 0.404. The molecule has 2 aromatic rings. The second kappa shape index (κ2) is 8.78. The van der Waals surface area contributed by atoms with Gasteiger partial charge in [0.25, 0.3) is 5.91 Å². The van der Waals surface area contributed by atoms with Gasteiger partial charge in [-0.15, -0.1) is 0 Å². The molecule has 6 heteroatoms. The number of hydrogen-bond donors (Lipinski definition) is 0. The first kappa shape index (κ1) is 20.3. The maximum atomic E-state index is 12.6. The van der Waals surface area contributed by atoms with Crippen molar-refractivity contribution in [2.45, 2.75) is 25.2 Å². The molecular weight excluding hydrogens is 416 g/mol. The van der Waals surface area contributed by atoms with Crippen molar-refractivity contribution < 1.29 is 4.79 Å². The van der Waals surface area contributed by atoms with Crippen LogP contribution in [0, 0.1) is 0 Å². The summed E-state index contributed by atoms with van der Waals surface area (Å²) in [5.41, 5.74) is 3.65. The lowest BCUT2D eigenvalue weighted by atomic mass is 10.0.